The lowest BCUT2D eigenvalue weighted by Gasteiger charge is -2.49. The SMILES string of the molecule is Cc1ccc2c(c1)[C@H]1CCC[C@H]3[C@@H]1N2CC(=O)N3Cc1ccccc1. The summed E-state index contributed by atoms with van der Waals surface area (Å²) in [5.74, 6) is 0.860. The zero-order chi connectivity index (χ0) is 17.0. The second-order valence-electron chi connectivity index (χ2n) is 7.79. The maximum absolute atomic E-state index is 13.0. The third-order valence-corrected chi connectivity index (χ3v) is 6.30. The second-order valence-corrected chi connectivity index (χ2v) is 7.79. The number of carbonyl (C=O) groups is 1. The van der Waals surface area contributed by atoms with Crippen molar-refractivity contribution in [3.8, 4) is 0 Å². The van der Waals surface area contributed by atoms with Crippen molar-refractivity contribution >= 4 is 11.6 Å². The highest BCUT2D eigenvalue weighted by atomic mass is 16.2. The van der Waals surface area contributed by atoms with Crippen molar-refractivity contribution in [2.45, 2.75) is 50.7 Å². The Labute approximate surface area is 149 Å². The van der Waals surface area contributed by atoms with Gasteiger partial charge < -0.3 is 9.80 Å². The molecule has 2 heterocycles. The average molecular weight is 332 g/mol. The fraction of sp³-hybridized carbons (Fsp3) is 0.409. The molecule has 1 aliphatic carbocycles. The molecule has 5 rings (SSSR count). The molecule has 1 saturated heterocycles. The first kappa shape index (κ1) is 15.0. The van der Waals surface area contributed by atoms with Crippen molar-refractivity contribution in [3.05, 3.63) is 65.2 Å². The van der Waals surface area contributed by atoms with Crippen molar-refractivity contribution in [1.29, 1.82) is 0 Å². The summed E-state index contributed by atoms with van der Waals surface area (Å²) in [5.41, 5.74) is 5.34. The van der Waals surface area contributed by atoms with Crippen LogP contribution in [0.4, 0.5) is 5.69 Å². The van der Waals surface area contributed by atoms with E-state index >= 15 is 0 Å². The van der Waals surface area contributed by atoms with Gasteiger partial charge in [0.25, 0.3) is 0 Å². The first-order valence-electron chi connectivity index (χ1n) is 9.43. The first-order chi connectivity index (χ1) is 12.2. The van der Waals surface area contributed by atoms with E-state index in [1.807, 2.05) is 6.07 Å². The van der Waals surface area contributed by atoms with E-state index in [9.17, 15) is 4.79 Å². The molecule has 25 heavy (non-hydrogen) atoms. The molecule has 2 aromatic rings. The Bertz CT molecular complexity index is 816. The molecule has 0 radical (unpaired) electrons. The Kier molecular flexibility index (Phi) is 3.37. The van der Waals surface area contributed by atoms with E-state index in [0.717, 1.165) is 13.0 Å². The van der Waals surface area contributed by atoms with Gasteiger partial charge in [0.15, 0.2) is 0 Å². The number of benzene rings is 2. The smallest absolute Gasteiger partial charge is 0.242 e. The van der Waals surface area contributed by atoms with Crippen molar-refractivity contribution in [2.75, 3.05) is 11.4 Å². The van der Waals surface area contributed by atoms with Gasteiger partial charge in [0.1, 0.15) is 0 Å². The van der Waals surface area contributed by atoms with E-state index < -0.39 is 0 Å². The maximum Gasteiger partial charge on any atom is 0.242 e. The molecule has 2 fully saturated rings. The molecule has 128 valence electrons. The molecule has 0 N–H and O–H groups in total. The van der Waals surface area contributed by atoms with Gasteiger partial charge in [-0.25, -0.2) is 0 Å². The lowest BCUT2D eigenvalue weighted by Crippen LogP contribution is -2.62. The number of carbonyl (C=O) groups excluding carboxylic acids is 1. The van der Waals surface area contributed by atoms with Crippen LogP contribution in [0.1, 0.15) is 41.9 Å². The molecule has 2 aliphatic heterocycles. The molecule has 1 amide bonds. The summed E-state index contributed by atoms with van der Waals surface area (Å²) in [6, 6.07) is 18.0. The van der Waals surface area contributed by atoms with Crippen molar-refractivity contribution < 1.29 is 4.79 Å². The van der Waals surface area contributed by atoms with Crippen LogP contribution in [0, 0.1) is 6.92 Å². The molecular formula is C22H24N2O. The number of piperazine rings is 1. The number of hydrogen-bond donors (Lipinski definition) is 0. The lowest BCUT2D eigenvalue weighted by atomic mass is 9.77. The second kappa shape index (κ2) is 5.62. The minimum absolute atomic E-state index is 0.277. The number of aryl methyl sites for hydroxylation is 1. The minimum Gasteiger partial charge on any atom is -0.356 e. The van der Waals surface area contributed by atoms with Crippen LogP contribution in [0.2, 0.25) is 0 Å². The van der Waals surface area contributed by atoms with Crippen LogP contribution in [-0.4, -0.2) is 29.4 Å². The highest BCUT2D eigenvalue weighted by Gasteiger charge is 2.51. The van der Waals surface area contributed by atoms with E-state index in [4.69, 9.17) is 0 Å². The van der Waals surface area contributed by atoms with Gasteiger partial charge in [0, 0.05) is 18.2 Å². The highest BCUT2D eigenvalue weighted by Crippen LogP contribution is 2.50. The van der Waals surface area contributed by atoms with Crippen molar-refractivity contribution in [1.82, 2.24) is 4.90 Å². The fourth-order valence-corrected chi connectivity index (χ4v) is 5.25. The van der Waals surface area contributed by atoms with Crippen molar-refractivity contribution in [2.24, 2.45) is 0 Å². The lowest BCUT2D eigenvalue weighted by molar-refractivity contribution is -0.136. The third-order valence-electron chi connectivity index (χ3n) is 6.30. The molecule has 3 nitrogen and oxygen atoms in total. The first-order valence-corrected chi connectivity index (χ1v) is 9.43. The fourth-order valence-electron chi connectivity index (χ4n) is 5.25. The average Bonchev–Trinajstić information content (AvgIpc) is 2.94. The summed E-state index contributed by atoms with van der Waals surface area (Å²) in [5, 5.41) is 0. The van der Waals surface area contributed by atoms with Crippen LogP contribution in [0.3, 0.4) is 0 Å². The van der Waals surface area contributed by atoms with E-state index in [-0.39, 0.29) is 5.91 Å². The van der Waals surface area contributed by atoms with Gasteiger partial charge in [0.05, 0.1) is 18.6 Å². The number of anilines is 1. The molecule has 0 unspecified atom stereocenters. The van der Waals surface area contributed by atoms with Gasteiger partial charge in [-0.2, -0.15) is 0 Å². The molecule has 0 spiro atoms. The Morgan fingerprint density at radius 1 is 1.08 bits per heavy atom. The van der Waals surface area contributed by atoms with Crippen LogP contribution >= 0.6 is 0 Å². The number of rotatable bonds is 2. The standard InChI is InChI=1S/C22H24N2O/c1-15-10-11-19-18(12-15)17-8-5-9-20-22(17)24(19)14-21(25)23(20)13-16-6-3-2-4-7-16/h2-4,6-7,10-12,17,20,22H,5,8-9,13-14H2,1H3/t17-,20+,22-/m1/s1. The molecule has 3 aliphatic rings. The van der Waals surface area contributed by atoms with Crippen LogP contribution in [0.5, 0.6) is 0 Å². The van der Waals surface area contributed by atoms with E-state index in [2.05, 4.69) is 59.2 Å². The van der Waals surface area contributed by atoms with Gasteiger partial charge in [-0.05, 0) is 37.0 Å². The molecule has 1 saturated carbocycles. The van der Waals surface area contributed by atoms with Gasteiger partial charge in [-0.1, -0.05) is 54.4 Å². The third kappa shape index (κ3) is 2.29. The Hall–Kier alpha value is -2.29. The van der Waals surface area contributed by atoms with Gasteiger partial charge >= 0.3 is 0 Å². The van der Waals surface area contributed by atoms with Crippen molar-refractivity contribution in [3.63, 3.8) is 0 Å². The summed E-state index contributed by atoms with van der Waals surface area (Å²) < 4.78 is 0. The summed E-state index contributed by atoms with van der Waals surface area (Å²) in [6.45, 7) is 3.45. The molecule has 3 heteroatoms. The summed E-state index contributed by atoms with van der Waals surface area (Å²) in [6.07, 6.45) is 3.59. The normalized spacial score (nSPS) is 27.2. The summed E-state index contributed by atoms with van der Waals surface area (Å²) in [4.78, 5) is 17.6. The molecule has 0 bridgehead atoms. The molecular weight excluding hydrogens is 308 g/mol. The molecule has 3 atom stereocenters. The van der Waals surface area contributed by atoms with E-state index in [0.29, 0.717) is 24.5 Å². The maximum atomic E-state index is 13.0. The van der Waals surface area contributed by atoms with Gasteiger partial charge in [-0.15, -0.1) is 0 Å². The number of amides is 1. The van der Waals surface area contributed by atoms with E-state index in [1.54, 1.807) is 0 Å². The topological polar surface area (TPSA) is 23.6 Å². The molecule has 2 aromatic carbocycles. The largest absolute Gasteiger partial charge is 0.356 e. The van der Waals surface area contributed by atoms with E-state index in [1.165, 1.54) is 35.2 Å². The van der Waals surface area contributed by atoms with Gasteiger partial charge in [-0.3, -0.25) is 4.79 Å². The number of hydrogen-bond acceptors (Lipinski definition) is 2. The highest BCUT2D eigenvalue weighted by molar-refractivity contribution is 5.86. The monoisotopic (exact) mass is 332 g/mol. The van der Waals surface area contributed by atoms with Crippen LogP contribution in [-0.2, 0) is 11.3 Å². The number of fused-ring (bicyclic) bond motifs is 3. The Morgan fingerprint density at radius 3 is 2.76 bits per heavy atom. The number of nitrogens with zero attached hydrogens (tertiary/aromatic N) is 2. The zero-order valence-corrected chi connectivity index (χ0v) is 14.7. The van der Waals surface area contributed by atoms with Crippen LogP contribution in [0.15, 0.2) is 48.5 Å². The molecule has 0 aromatic heterocycles. The van der Waals surface area contributed by atoms with Gasteiger partial charge in [0.2, 0.25) is 5.91 Å². The van der Waals surface area contributed by atoms with Crippen LogP contribution < -0.4 is 4.90 Å². The Morgan fingerprint density at radius 2 is 1.92 bits per heavy atom. The summed E-state index contributed by atoms with van der Waals surface area (Å²) >= 11 is 0. The summed E-state index contributed by atoms with van der Waals surface area (Å²) in [7, 11) is 0. The zero-order valence-electron chi connectivity index (χ0n) is 14.7. The quantitative estimate of drug-likeness (QED) is 0.834. The Balaban J connectivity index is 1.52. The predicted molar refractivity (Wildman–Crippen MR) is 99.7 cm³/mol. The minimum atomic E-state index is 0.277. The van der Waals surface area contributed by atoms with Crippen LogP contribution in [0.25, 0.3) is 0 Å². The predicted octanol–water partition coefficient (Wildman–Crippen LogP) is 3.86.